The van der Waals surface area contributed by atoms with Crippen LogP contribution >= 0.6 is 0 Å². The summed E-state index contributed by atoms with van der Waals surface area (Å²) in [5.74, 6) is -1.36. The number of fused-ring (bicyclic) bond motifs is 1. The number of rotatable bonds is 7. The number of nitrogens with zero attached hydrogens (tertiary/aromatic N) is 4. The summed E-state index contributed by atoms with van der Waals surface area (Å²) in [6.07, 6.45) is -1.99. The molecule has 1 aliphatic rings. The zero-order chi connectivity index (χ0) is 19.7. The van der Waals surface area contributed by atoms with Gasteiger partial charge in [-0.1, -0.05) is 0 Å². The molecule has 0 aromatic carbocycles. The minimum Gasteiger partial charge on any atom is -0.548 e. The van der Waals surface area contributed by atoms with Crippen molar-refractivity contribution < 1.29 is 29.1 Å². The lowest BCUT2D eigenvalue weighted by Gasteiger charge is -2.16. The van der Waals surface area contributed by atoms with Crippen LogP contribution in [-0.4, -0.2) is 75.8 Å². The van der Waals surface area contributed by atoms with Crippen LogP contribution in [0.5, 0.6) is 0 Å². The van der Waals surface area contributed by atoms with Gasteiger partial charge in [-0.2, -0.15) is 0 Å². The number of nitrogen functional groups attached to an aromatic ring is 1. The molecule has 12 nitrogen and oxygen atoms in total. The van der Waals surface area contributed by atoms with Crippen molar-refractivity contribution in [3.8, 4) is 0 Å². The van der Waals surface area contributed by atoms with Gasteiger partial charge in [0.25, 0.3) is 0 Å². The van der Waals surface area contributed by atoms with Crippen molar-refractivity contribution >= 4 is 33.8 Å². The van der Waals surface area contributed by atoms with E-state index in [1.165, 1.54) is 17.2 Å². The third-order valence-electron chi connectivity index (χ3n) is 4.31. The number of carbonyl (C=O) groups excluding carboxylic acids is 1. The highest BCUT2D eigenvalue weighted by Crippen LogP contribution is 2.32. The summed E-state index contributed by atoms with van der Waals surface area (Å²) in [6, 6.07) is -1.22. The van der Waals surface area contributed by atoms with E-state index < -0.39 is 47.4 Å². The summed E-state index contributed by atoms with van der Waals surface area (Å²) >= 11 is 0. The normalized spacial score (nSPS) is 27.7. The number of hydrogen-bond acceptors (Lipinski definition) is 11. The van der Waals surface area contributed by atoms with Crippen molar-refractivity contribution in [3.05, 3.63) is 12.7 Å². The van der Waals surface area contributed by atoms with Gasteiger partial charge in [-0.05, 0) is 6.42 Å². The second-order valence-corrected chi connectivity index (χ2v) is 7.78. The largest absolute Gasteiger partial charge is 0.548 e. The van der Waals surface area contributed by atoms with E-state index in [1.54, 1.807) is 0 Å². The molecule has 27 heavy (non-hydrogen) atoms. The van der Waals surface area contributed by atoms with Crippen LogP contribution in [0, 0.1) is 0 Å². The van der Waals surface area contributed by atoms with Crippen molar-refractivity contribution in [2.45, 2.75) is 37.0 Å². The number of aliphatic hydroxyl groups excluding tert-OH is 2. The molecule has 1 unspecified atom stereocenters. The predicted octanol–water partition coefficient (Wildman–Crippen LogP) is -3.76. The Kier molecular flexibility index (Phi) is 5.67. The molecular formula is C14H19N6O6S-. The van der Waals surface area contributed by atoms with Crippen molar-refractivity contribution in [2.75, 3.05) is 17.2 Å². The highest BCUT2D eigenvalue weighted by Gasteiger charge is 2.44. The summed E-state index contributed by atoms with van der Waals surface area (Å²) in [4.78, 5) is 22.6. The lowest BCUT2D eigenvalue weighted by Crippen LogP contribution is -2.43. The van der Waals surface area contributed by atoms with Gasteiger partial charge in [-0.3, -0.25) is 8.78 Å². The minimum atomic E-state index is -1.51. The lowest BCUT2D eigenvalue weighted by molar-refractivity contribution is -0.307. The van der Waals surface area contributed by atoms with E-state index in [2.05, 4.69) is 15.0 Å². The van der Waals surface area contributed by atoms with E-state index in [1.807, 2.05) is 0 Å². The Labute approximate surface area is 155 Å². The summed E-state index contributed by atoms with van der Waals surface area (Å²) in [6.45, 7) is 0. The Balaban J connectivity index is 1.69. The number of imidazole rings is 1. The molecule has 2 aromatic heterocycles. The fourth-order valence-electron chi connectivity index (χ4n) is 2.80. The highest BCUT2D eigenvalue weighted by atomic mass is 32.2. The quantitative estimate of drug-likeness (QED) is 0.356. The number of carboxylic acid groups (broad SMARTS) is 1. The van der Waals surface area contributed by atoms with E-state index in [-0.39, 0.29) is 23.7 Å². The number of ether oxygens (including phenoxy) is 1. The molecular weight excluding hydrogens is 380 g/mol. The average Bonchev–Trinajstić information content (AvgIpc) is 3.17. The maximum absolute atomic E-state index is 12.1. The Morgan fingerprint density at radius 2 is 2.11 bits per heavy atom. The van der Waals surface area contributed by atoms with E-state index in [0.717, 1.165) is 0 Å². The zero-order valence-corrected chi connectivity index (χ0v) is 14.9. The van der Waals surface area contributed by atoms with Crippen LogP contribution in [0.2, 0.25) is 0 Å². The second kappa shape index (κ2) is 7.82. The van der Waals surface area contributed by atoms with Gasteiger partial charge in [-0.15, -0.1) is 0 Å². The first-order valence-electron chi connectivity index (χ1n) is 8.05. The van der Waals surface area contributed by atoms with Gasteiger partial charge < -0.3 is 36.3 Å². The Hall–Kier alpha value is -2.19. The fourth-order valence-corrected chi connectivity index (χ4v) is 4.12. The molecule has 0 radical (unpaired) electrons. The third kappa shape index (κ3) is 3.91. The van der Waals surface area contributed by atoms with E-state index in [4.69, 9.17) is 16.2 Å². The van der Waals surface area contributed by atoms with Crippen LogP contribution in [0.15, 0.2) is 12.7 Å². The van der Waals surface area contributed by atoms with E-state index in [0.29, 0.717) is 11.2 Å². The van der Waals surface area contributed by atoms with Gasteiger partial charge in [0.15, 0.2) is 17.7 Å². The molecule has 0 spiro atoms. The molecule has 148 valence electrons. The molecule has 1 saturated heterocycles. The highest BCUT2D eigenvalue weighted by molar-refractivity contribution is 7.85. The van der Waals surface area contributed by atoms with Crippen molar-refractivity contribution in [1.29, 1.82) is 0 Å². The predicted molar refractivity (Wildman–Crippen MR) is 91.1 cm³/mol. The number of aliphatic carboxylic acids is 1. The maximum atomic E-state index is 12.1. The molecule has 6 atom stereocenters. The molecule has 3 heterocycles. The van der Waals surface area contributed by atoms with Crippen LogP contribution in [0.25, 0.3) is 11.2 Å². The van der Waals surface area contributed by atoms with Gasteiger partial charge in [0, 0.05) is 22.6 Å². The molecule has 1 aliphatic heterocycles. The van der Waals surface area contributed by atoms with Crippen LogP contribution in [0.1, 0.15) is 12.6 Å². The topological polar surface area (TPSA) is 203 Å². The Morgan fingerprint density at radius 3 is 2.81 bits per heavy atom. The summed E-state index contributed by atoms with van der Waals surface area (Å²) in [5, 5.41) is 31.2. The maximum Gasteiger partial charge on any atom is 0.167 e. The molecule has 13 heteroatoms. The van der Waals surface area contributed by atoms with E-state index >= 15 is 0 Å². The third-order valence-corrected chi connectivity index (χ3v) is 5.70. The molecule has 1 fully saturated rings. The van der Waals surface area contributed by atoms with Crippen LogP contribution in [-0.2, 0) is 20.3 Å². The molecule has 0 amide bonds. The second-order valence-electron chi connectivity index (χ2n) is 6.15. The first-order chi connectivity index (χ1) is 12.8. The number of carboxylic acids is 1. The monoisotopic (exact) mass is 399 g/mol. The number of carbonyl (C=O) groups is 1. The minimum absolute atomic E-state index is 0.000251. The fraction of sp³-hybridized carbons (Fsp3) is 0.571. The van der Waals surface area contributed by atoms with Gasteiger partial charge in [-0.25, -0.2) is 15.0 Å². The van der Waals surface area contributed by atoms with Gasteiger partial charge >= 0.3 is 0 Å². The molecule has 2 aromatic rings. The molecule has 6 N–H and O–H groups in total. The van der Waals surface area contributed by atoms with Crippen LogP contribution in [0.3, 0.4) is 0 Å². The SMILES string of the molecule is Nc1ncnc2c1ncn2[C@@H]1O[C@H](CS(=O)CC[C@H](N)C(=O)[O-])[C@@H](O)[C@H]1O. The van der Waals surface area contributed by atoms with Crippen molar-refractivity contribution in [1.82, 2.24) is 19.5 Å². The number of anilines is 1. The molecule has 0 saturated carbocycles. The average molecular weight is 399 g/mol. The van der Waals surface area contributed by atoms with Crippen LogP contribution in [0.4, 0.5) is 5.82 Å². The standard InChI is InChI=1S/C14H20N6O6S/c15-6(14(23)24)1-2-27(25)3-7-9(21)10(22)13(26-7)20-5-19-8-11(16)17-4-18-12(8)20/h4-7,9-10,13,21-22H,1-3,15H2,(H,23,24)(H2,16,17,18)/p-1/t6-,7+,9+,10+,13+,27?/m0/s1. The first kappa shape index (κ1) is 19.6. The van der Waals surface area contributed by atoms with Gasteiger partial charge in [0.1, 0.15) is 30.2 Å². The molecule has 0 bridgehead atoms. The summed E-state index contributed by atoms with van der Waals surface area (Å²) in [5.41, 5.74) is 11.7. The first-order valence-corrected chi connectivity index (χ1v) is 9.54. The number of aliphatic hydroxyl groups is 2. The smallest absolute Gasteiger partial charge is 0.167 e. The van der Waals surface area contributed by atoms with Crippen molar-refractivity contribution in [3.63, 3.8) is 0 Å². The summed E-state index contributed by atoms with van der Waals surface area (Å²) < 4.78 is 19.2. The van der Waals surface area contributed by atoms with E-state index in [9.17, 15) is 24.3 Å². The van der Waals surface area contributed by atoms with Gasteiger partial charge in [0.2, 0.25) is 0 Å². The lowest BCUT2D eigenvalue weighted by atomic mass is 10.1. The Morgan fingerprint density at radius 1 is 1.37 bits per heavy atom. The zero-order valence-electron chi connectivity index (χ0n) is 14.0. The number of aromatic nitrogens is 4. The van der Waals surface area contributed by atoms with Gasteiger partial charge in [0.05, 0.1) is 18.0 Å². The van der Waals surface area contributed by atoms with Crippen LogP contribution < -0.4 is 16.6 Å². The summed E-state index contributed by atoms with van der Waals surface area (Å²) in [7, 11) is -1.51. The van der Waals surface area contributed by atoms with Crippen molar-refractivity contribution in [2.24, 2.45) is 5.73 Å². The molecule has 3 rings (SSSR count). The number of nitrogens with two attached hydrogens (primary N) is 2. The molecule has 0 aliphatic carbocycles. The number of hydrogen-bond donors (Lipinski definition) is 4. The Bertz CT molecular complexity index is 862.